The van der Waals surface area contributed by atoms with Crippen LogP contribution in [0.5, 0.6) is 0 Å². The van der Waals surface area contributed by atoms with Crippen LogP contribution in [-0.2, 0) is 4.57 Å². The van der Waals surface area contributed by atoms with E-state index in [1.807, 2.05) is 55.7 Å². The van der Waals surface area contributed by atoms with Gasteiger partial charge in [0.05, 0.1) is 0 Å². The van der Waals surface area contributed by atoms with Crippen LogP contribution in [0.3, 0.4) is 0 Å². The van der Waals surface area contributed by atoms with Gasteiger partial charge < -0.3 is 0 Å². The molecule has 5 heteroatoms. The molecule has 146 valence electrons. The first kappa shape index (κ1) is 20.8. The Morgan fingerprint density at radius 1 is 0.571 bits per heavy atom. The van der Waals surface area contributed by atoms with Gasteiger partial charge in [-0.2, -0.15) is 0 Å². The standard InChI is InChI=1S/C23H28N2OP2/c1-24(2)28(26,25(3)4)20-27(21-14-8-5-9-15-21,22-16-10-6-11-17-22)23-18-12-7-13-19-23/h5-20H,1-4H3. The molecule has 3 rings (SSSR count). The van der Waals surface area contributed by atoms with E-state index in [0.717, 1.165) is 0 Å². The number of nitrogens with zero attached hydrogens (tertiary/aromatic N) is 2. The van der Waals surface area contributed by atoms with Crippen molar-refractivity contribution >= 4 is 35.8 Å². The molecule has 3 aromatic rings. The van der Waals surface area contributed by atoms with Gasteiger partial charge in [0, 0.05) is 5.54 Å². The fourth-order valence-corrected chi connectivity index (χ4v) is 12.0. The van der Waals surface area contributed by atoms with Gasteiger partial charge in [-0.25, -0.2) is 9.34 Å². The van der Waals surface area contributed by atoms with Gasteiger partial charge in [-0.3, -0.25) is 4.57 Å². The second-order valence-electron chi connectivity index (χ2n) is 7.13. The average Bonchev–Trinajstić information content (AvgIpc) is 2.73. The van der Waals surface area contributed by atoms with Gasteiger partial charge in [-0.1, -0.05) is 91.0 Å². The second kappa shape index (κ2) is 8.64. The van der Waals surface area contributed by atoms with Gasteiger partial charge in [0.15, 0.2) is 0 Å². The molecule has 0 saturated heterocycles. The lowest BCUT2D eigenvalue weighted by atomic mass is 10.4. The van der Waals surface area contributed by atoms with Gasteiger partial charge in [0.1, 0.15) is 0 Å². The lowest BCUT2D eigenvalue weighted by Gasteiger charge is -2.35. The summed E-state index contributed by atoms with van der Waals surface area (Å²) in [5.74, 6) is 0. The highest BCUT2D eigenvalue weighted by Gasteiger charge is 2.33. The molecular weight excluding hydrogens is 382 g/mol. The molecule has 3 nitrogen and oxygen atoms in total. The lowest BCUT2D eigenvalue weighted by Crippen LogP contribution is -2.30. The highest BCUT2D eigenvalue weighted by atomic mass is 31.2. The summed E-state index contributed by atoms with van der Waals surface area (Å²) in [6, 6.07) is 31.5. The summed E-state index contributed by atoms with van der Waals surface area (Å²) in [4.78, 5) is 0. The van der Waals surface area contributed by atoms with Crippen LogP contribution in [0, 0.1) is 0 Å². The molecule has 0 aliphatic heterocycles. The van der Waals surface area contributed by atoms with E-state index < -0.39 is 14.3 Å². The van der Waals surface area contributed by atoms with Gasteiger partial charge in [0.2, 0.25) is 7.44 Å². The van der Waals surface area contributed by atoms with Crippen molar-refractivity contribution in [2.24, 2.45) is 0 Å². The molecule has 0 aliphatic rings. The van der Waals surface area contributed by atoms with Crippen molar-refractivity contribution in [3.05, 3.63) is 91.0 Å². The third-order valence-electron chi connectivity index (χ3n) is 4.96. The van der Waals surface area contributed by atoms with E-state index in [9.17, 15) is 4.57 Å². The Morgan fingerprint density at radius 3 is 1.11 bits per heavy atom. The van der Waals surface area contributed by atoms with Crippen molar-refractivity contribution in [2.45, 2.75) is 0 Å². The summed E-state index contributed by atoms with van der Waals surface area (Å²) in [6.07, 6.45) is 0. The molecule has 0 amide bonds. The smallest absolute Gasteiger partial charge is 0.238 e. The fourth-order valence-electron chi connectivity index (χ4n) is 3.43. The van der Waals surface area contributed by atoms with Gasteiger partial charge in [0.25, 0.3) is 0 Å². The van der Waals surface area contributed by atoms with Crippen LogP contribution in [0.2, 0.25) is 0 Å². The topological polar surface area (TPSA) is 23.6 Å². The van der Waals surface area contributed by atoms with Crippen molar-refractivity contribution in [3.8, 4) is 0 Å². The van der Waals surface area contributed by atoms with Crippen molar-refractivity contribution in [1.29, 1.82) is 0 Å². The summed E-state index contributed by atoms with van der Waals surface area (Å²) in [5.41, 5.74) is 2.15. The van der Waals surface area contributed by atoms with E-state index in [-0.39, 0.29) is 0 Å². The molecule has 0 saturated carbocycles. The third-order valence-corrected chi connectivity index (χ3v) is 13.2. The minimum atomic E-state index is -2.89. The first-order chi connectivity index (χ1) is 13.4. The average molecular weight is 410 g/mol. The summed E-state index contributed by atoms with van der Waals surface area (Å²) in [7, 11) is 4.69. The Kier molecular flexibility index (Phi) is 6.43. The molecule has 0 atom stereocenters. The van der Waals surface area contributed by atoms with E-state index in [4.69, 9.17) is 0 Å². The monoisotopic (exact) mass is 410 g/mol. The van der Waals surface area contributed by atoms with Crippen LogP contribution in [-0.4, -0.2) is 43.1 Å². The molecule has 28 heavy (non-hydrogen) atoms. The number of benzene rings is 3. The predicted octanol–water partition coefficient (Wildman–Crippen LogP) is 4.06. The Hall–Kier alpha value is -1.89. The minimum Gasteiger partial charge on any atom is -0.284 e. The van der Waals surface area contributed by atoms with E-state index in [1.165, 1.54) is 15.9 Å². The molecule has 3 aromatic carbocycles. The van der Waals surface area contributed by atoms with Crippen LogP contribution < -0.4 is 15.9 Å². The molecule has 0 fully saturated rings. The Balaban J connectivity index is 2.52. The number of rotatable bonds is 6. The van der Waals surface area contributed by atoms with Gasteiger partial charge >= 0.3 is 0 Å². The molecule has 0 aromatic heterocycles. The molecule has 0 aliphatic carbocycles. The third kappa shape index (κ3) is 3.81. The van der Waals surface area contributed by atoms with Crippen LogP contribution >= 0.6 is 14.3 Å². The molecule has 0 N–H and O–H groups in total. The summed E-state index contributed by atoms with van der Waals surface area (Å²) in [6.45, 7) is -2.25. The maximum atomic E-state index is 14.2. The van der Waals surface area contributed by atoms with Crippen molar-refractivity contribution in [1.82, 2.24) is 9.34 Å². The molecule has 0 unspecified atom stereocenters. The summed E-state index contributed by atoms with van der Waals surface area (Å²) in [5, 5.41) is 3.61. The van der Waals surface area contributed by atoms with Crippen LogP contribution in [0.15, 0.2) is 91.0 Å². The van der Waals surface area contributed by atoms with E-state index in [0.29, 0.717) is 0 Å². The maximum Gasteiger partial charge on any atom is 0.238 e. The number of hydrogen-bond acceptors (Lipinski definition) is 1. The Bertz CT molecular complexity index is 885. The molecule has 0 heterocycles. The molecular formula is C23H28N2OP2. The van der Waals surface area contributed by atoms with Gasteiger partial charge in [-0.05, 0) is 51.0 Å². The zero-order valence-corrected chi connectivity index (χ0v) is 18.7. The molecule has 0 radical (unpaired) electrons. The predicted molar refractivity (Wildman–Crippen MR) is 126 cm³/mol. The van der Waals surface area contributed by atoms with Crippen LogP contribution in [0.4, 0.5) is 0 Å². The number of hydrogen-bond donors (Lipinski definition) is 0. The van der Waals surface area contributed by atoms with E-state index in [1.54, 1.807) is 0 Å². The fraction of sp³-hybridized carbons (Fsp3) is 0.174. The van der Waals surface area contributed by atoms with E-state index in [2.05, 4.69) is 78.3 Å². The Labute approximate surface area is 169 Å². The van der Waals surface area contributed by atoms with E-state index >= 15 is 0 Å². The molecule has 0 spiro atoms. The largest absolute Gasteiger partial charge is 0.284 e. The quantitative estimate of drug-likeness (QED) is 0.573. The van der Waals surface area contributed by atoms with Gasteiger partial charge in [-0.15, -0.1) is 0 Å². The second-order valence-corrected chi connectivity index (χ2v) is 13.8. The van der Waals surface area contributed by atoms with Crippen molar-refractivity contribution < 1.29 is 4.57 Å². The lowest BCUT2D eigenvalue weighted by molar-refractivity contribution is 0.464. The summed E-state index contributed by atoms with van der Waals surface area (Å²) >= 11 is 0. The SMILES string of the molecule is CN(C)P(=O)(C=P(c1ccccc1)(c1ccccc1)c1ccccc1)N(C)C. The maximum absolute atomic E-state index is 14.2. The normalized spacial score (nSPS) is 12.4. The van der Waals surface area contributed by atoms with Crippen molar-refractivity contribution in [3.63, 3.8) is 0 Å². The summed E-state index contributed by atoms with van der Waals surface area (Å²) < 4.78 is 17.9. The van der Waals surface area contributed by atoms with Crippen LogP contribution in [0.25, 0.3) is 0 Å². The molecule has 0 bridgehead atoms. The van der Waals surface area contributed by atoms with Crippen molar-refractivity contribution in [2.75, 3.05) is 28.2 Å². The first-order valence-electron chi connectivity index (χ1n) is 9.29. The highest BCUT2D eigenvalue weighted by Crippen LogP contribution is 2.56. The first-order valence-corrected chi connectivity index (χ1v) is 12.8. The Morgan fingerprint density at radius 2 is 0.857 bits per heavy atom. The highest BCUT2D eigenvalue weighted by molar-refractivity contribution is 8.04. The van der Waals surface area contributed by atoms with Crippen LogP contribution in [0.1, 0.15) is 0 Å². The zero-order chi connectivity index (χ0) is 20.2. The minimum absolute atomic E-state index is 1.20. The zero-order valence-electron chi connectivity index (χ0n) is 16.9.